The van der Waals surface area contributed by atoms with Gasteiger partial charge < -0.3 is 5.32 Å². The van der Waals surface area contributed by atoms with Gasteiger partial charge in [-0.2, -0.15) is 0 Å². The van der Waals surface area contributed by atoms with E-state index in [1.807, 2.05) is 0 Å². The van der Waals surface area contributed by atoms with Gasteiger partial charge in [0.05, 0.1) is 15.4 Å². The molecule has 0 aromatic heterocycles. The van der Waals surface area contributed by atoms with Crippen LogP contribution in [0.5, 0.6) is 0 Å². The van der Waals surface area contributed by atoms with E-state index in [0.29, 0.717) is 0 Å². The molecular weight excluding hydrogens is 302 g/mol. The number of nitrogens with zero attached hydrogens (tertiary/aromatic N) is 2. The van der Waals surface area contributed by atoms with Crippen LogP contribution in [0, 0.1) is 20.2 Å². The maximum Gasteiger partial charge on any atom is 0.276 e. The number of hydrogen-bond acceptors (Lipinski definition) is 5. The number of non-ortho nitro benzene ring substituents is 1. The van der Waals surface area contributed by atoms with Gasteiger partial charge in [0.25, 0.3) is 11.4 Å². The number of benzene rings is 2. The fourth-order valence-electron chi connectivity index (χ4n) is 1.84. The molecule has 1 N–H and O–H groups in total. The lowest BCUT2D eigenvalue weighted by Gasteiger charge is -2.01. The molecule has 2 aromatic rings. The number of carbonyl (C=O) groups excluding carboxylic acids is 1. The average Bonchev–Trinajstić information content (AvgIpc) is 2.53. The highest BCUT2D eigenvalue weighted by Gasteiger charge is 2.10. The fourth-order valence-corrected chi connectivity index (χ4v) is 1.84. The van der Waals surface area contributed by atoms with E-state index in [1.54, 1.807) is 6.07 Å². The van der Waals surface area contributed by atoms with E-state index in [4.69, 9.17) is 0 Å². The van der Waals surface area contributed by atoms with E-state index in [2.05, 4.69) is 5.32 Å². The lowest BCUT2D eigenvalue weighted by Crippen LogP contribution is -2.07. The van der Waals surface area contributed by atoms with Gasteiger partial charge in [-0.15, -0.1) is 0 Å². The van der Waals surface area contributed by atoms with Crippen LogP contribution in [0.2, 0.25) is 0 Å². The van der Waals surface area contributed by atoms with Crippen molar-refractivity contribution in [1.82, 2.24) is 0 Å². The van der Waals surface area contributed by atoms with Crippen LogP contribution in [0.4, 0.5) is 17.1 Å². The third-order valence-electron chi connectivity index (χ3n) is 2.87. The van der Waals surface area contributed by atoms with Gasteiger partial charge in [0.15, 0.2) is 0 Å². The molecule has 0 aliphatic carbocycles. The van der Waals surface area contributed by atoms with Crippen molar-refractivity contribution in [2.24, 2.45) is 0 Å². The molecule has 0 bridgehead atoms. The highest BCUT2D eigenvalue weighted by molar-refractivity contribution is 6.02. The van der Waals surface area contributed by atoms with Gasteiger partial charge in [-0.1, -0.05) is 18.2 Å². The third kappa shape index (κ3) is 4.21. The molecule has 0 unspecified atom stereocenters. The van der Waals surface area contributed by atoms with Gasteiger partial charge in [0, 0.05) is 30.0 Å². The standard InChI is InChI=1S/C15H11N3O5/c19-15(16-12-5-3-6-13(10-12)17(20)21)9-8-11-4-1-2-7-14(11)18(22)23/h1-10H,(H,16,19)/b9-8-. The number of nitro groups is 2. The van der Waals surface area contributed by atoms with Crippen molar-refractivity contribution >= 4 is 29.0 Å². The lowest BCUT2D eigenvalue weighted by atomic mass is 10.1. The Balaban J connectivity index is 2.12. The first kappa shape index (κ1) is 15.8. The molecule has 2 rings (SSSR count). The summed E-state index contributed by atoms with van der Waals surface area (Å²) in [5, 5.41) is 24.0. The van der Waals surface area contributed by atoms with E-state index < -0.39 is 15.8 Å². The van der Waals surface area contributed by atoms with Crippen LogP contribution in [0.15, 0.2) is 54.6 Å². The van der Waals surface area contributed by atoms with Crippen molar-refractivity contribution in [1.29, 1.82) is 0 Å². The smallest absolute Gasteiger partial charge is 0.276 e. The maximum atomic E-state index is 11.8. The zero-order valence-electron chi connectivity index (χ0n) is 11.7. The van der Waals surface area contributed by atoms with E-state index in [1.165, 1.54) is 48.5 Å². The van der Waals surface area contributed by atoms with Crippen molar-refractivity contribution in [2.45, 2.75) is 0 Å². The fraction of sp³-hybridized carbons (Fsp3) is 0. The van der Waals surface area contributed by atoms with Crippen LogP contribution in [0.1, 0.15) is 5.56 Å². The van der Waals surface area contributed by atoms with Crippen molar-refractivity contribution in [3.8, 4) is 0 Å². The summed E-state index contributed by atoms with van der Waals surface area (Å²) in [5.41, 5.74) is 0.278. The van der Waals surface area contributed by atoms with Gasteiger partial charge >= 0.3 is 0 Å². The van der Waals surface area contributed by atoms with Crippen molar-refractivity contribution in [3.05, 3.63) is 80.4 Å². The summed E-state index contributed by atoms with van der Waals surface area (Å²) in [7, 11) is 0. The number of hydrogen-bond donors (Lipinski definition) is 1. The molecule has 0 fully saturated rings. The third-order valence-corrected chi connectivity index (χ3v) is 2.87. The lowest BCUT2D eigenvalue weighted by molar-refractivity contribution is -0.385. The van der Waals surface area contributed by atoms with Crippen LogP contribution < -0.4 is 5.32 Å². The molecule has 0 aliphatic heterocycles. The summed E-state index contributed by atoms with van der Waals surface area (Å²) in [6.07, 6.45) is 2.44. The maximum absolute atomic E-state index is 11.8. The molecule has 116 valence electrons. The summed E-state index contributed by atoms with van der Waals surface area (Å²) in [5.74, 6) is -0.552. The van der Waals surface area contributed by atoms with Crippen LogP contribution in [0.25, 0.3) is 6.08 Å². The Bertz CT molecular complexity index is 801. The Morgan fingerprint density at radius 3 is 2.43 bits per heavy atom. The summed E-state index contributed by atoms with van der Waals surface area (Å²) in [4.78, 5) is 32.2. The Hall–Kier alpha value is -3.55. The Morgan fingerprint density at radius 2 is 1.74 bits per heavy atom. The molecule has 0 radical (unpaired) electrons. The summed E-state index contributed by atoms with van der Waals surface area (Å²) in [6, 6.07) is 11.5. The highest BCUT2D eigenvalue weighted by atomic mass is 16.6. The zero-order chi connectivity index (χ0) is 16.8. The van der Waals surface area contributed by atoms with Crippen molar-refractivity contribution < 1.29 is 14.6 Å². The second-order valence-electron chi connectivity index (χ2n) is 4.45. The molecule has 0 spiro atoms. The van der Waals surface area contributed by atoms with E-state index >= 15 is 0 Å². The Kier molecular flexibility index (Phi) is 4.78. The summed E-state index contributed by atoms with van der Waals surface area (Å²) >= 11 is 0. The summed E-state index contributed by atoms with van der Waals surface area (Å²) < 4.78 is 0. The largest absolute Gasteiger partial charge is 0.322 e. The number of rotatable bonds is 5. The number of nitro benzene ring substituents is 2. The zero-order valence-corrected chi connectivity index (χ0v) is 11.7. The molecular formula is C15H11N3O5. The van der Waals surface area contributed by atoms with E-state index in [0.717, 1.165) is 6.08 Å². The van der Waals surface area contributed by atoms with Crippen LogP contribution >= 0.6 is 0 Å². The van der Waals surface area contributed by atoms with Crippen LogP contribution in [-0.4, -0.2) is 15.8 Å². The molecule has 0 saturated carbocycles. The second-order valence-corrected chi connectivity index (χ2v) is 4.45. The van der Waals surface area contributed by atoms with Gasteiger partial charge in [-0.25, -0.2) is 0 Å². The predicted octanol–water partition coefficient (Wildman–Crippen LogP) is 3.15. The summed E-state index contributed by atoms with van der Waals surface area (Å²) in [6.45, 7) is 0. The molecule has 0 heterocycles. The number of amides is 1. The van der Waals surface area contributed by atoms with Gasteiger partial charge in [0.1, 0.15) is 0 Å². The Labute approximate surface area is 130 Å². The number of anilines is 1. The number of nitrogens with one attached hydrogen (secondary N) is 1. The second kappa shape index (κ2) is 6.94. The van der Waals surface area contributed by atoms with Crippen LogP contribution in [0.3, 0.4) is 0 Å². The van der Waals surface area contributed by atoms with E-state index in [9.17, 15) is 25.0 Å². The van der Waals surface area contributed by atoms with Crippen molar-refractivity contribution in [3.63, 3.8) is 0 Å². The predicted molar refractivity (Wildman–Crippen MR) is 83.9 cm³/mol. The first-order valence-electron chi connectivity index (χ1n) is 6.44. The molecule has 8 nitrogen and oxygen atoms in total. The SMILES string of the molecule is O=C(/C=C\c1ccccc1[N+](=O)[O-])Nc1cccc([N+](=O)[O-])c1. The first-order chi connectivity index (χ1) is 11.0. The molecule has 23 heavy (non-hydrogen) atoms. The molecule has 8 heteroatoms. The Morgan fingerprint density at radius 1 is 1.00 bits per heavy atom. The molecule has 0 saturated heterocycles. The van der Waals surface area contributed by atoms with Gasteiger partial charge in [-0.3, -0.25) is 25.0 Å². The molecule has 0 aliphatic rings. The topological polar surface area (TPSA) is 115 Å². The van der Waals surface area contributed by atoms with Gasteiger partial charge in [-0.05, 0) is 18.2 Å². The molecule has 0 atom stereocenters. The minimum Gasteiger partial charge on any atom is -0.322 e. The molecule has 1 amide bonds. The quantitative estimate of drug-likeness (QED) is 0.517. The normalized spacial score (nSPS) is 10.4. The minimum atomic E-state index is -0.571. The molecule has 2 aromatic carbocycles. The average molecular weight is 313 g/mol. The highest BCUT2D eigenvalue weighted by Crippen LogP contribution is 2.20. The van der Waals surface area contributed by atoms with Crippen LogP contribution in [-0.2, 0) is 4.79 Å². The van der Waals surface area contributed by atoms with Gasteiger partial charge in [0.2, 0.25) is 5.91 Å². The van der Waals surface area contributed by atoms with Crippen molar-refractivity contribution in [2.75, 3.05) is 5.32 Å². The monoisotopic (exact) mass is 313 g/mol. The number of para-hydroxylation sites is 1. The van der Waals surface area contributed by atoms with E-state index in [-0.39, 0.29) is 22.6 Å². The minimum absolute atomic E-state index is 0.119. The number of carbonyl (C=O) groups is 1. The first-order valence-corrected chi connectivity index (χ1v) is 6.44.